The number of anilines is 1. The third-order valence-electron chi connectivity index (χ3n) is 4.92. The number of alkyl halides is 3. The first-order valence-electron chi connectivity index (χ1n) is 8.77. The van der Waals surface area contributed by atoms with Crippen LogP contribution in [0, 0.1) is 5.92 Å². The highest BCUT2D eigenvalue weighted by Gasteiger charge is 2.56. The van der Waals surface area contributed by atoms with Crippen molar-refractivity contribution in [2.75, 3.05) is 19.1 Å². The first-order chi connectivity index (χ1) is 14.3. The van der Waals surface area contributed by atoms with Crippen LogP contribution in [0.25, 0.3) is 0 Å². The van der Waals surface area contributed by atoms with E-state index in [0.29, 0.717) is 22.0 Å². The molecule has 4 rings (SSSR count). The normalized spacial score (nSPS) is 20.7. The molecular weight excluding hydrogens is 405 g/mol. The number of ether oxygens (including phenoxy) is 2. The standard InChI is InChI=1S/C20H15F3N2O5/c1-28-13-7-6-10(8-14(13)29-2)16-15-17(30-24-16)19(27)25(18(15)26)12-5-3-4-11(9-12)20(21,22)23/h3-9,15,17H,1-2H3. The lowest BCUT2D eigenvalue weighted by molar-refractivity contribution is -0.137. The molecule has 156 valence electrons. The SMILES string of the molecule is COc1ccc(C2=NOC3C(=O)N(c4cccc(C(F)(F)F)c4)C(=O)C23)cc1OC. The molecule has 10 heteroatoms. The van der Waals surface area contributed by atoms with Gasteiger partial charge in [0.05, 0.1) is 25.5 Å². The smallest absolute Gasteiger partial charge is 0.416 e. The lowest BCUT2D eigenvalue weighted by atomic mass is 9.94. The fraction of sp³-hybridized carbons (Fsp3) is 0.250. The molecule has 0 radical (unpaired) electrons. The van der Waals surface area contributed by atoms with Gasteiger partial charge in [-0.2, -0.15) is 13.2 Å². The number of nitrogens with zero attached hydrogens (tertiary/aromatic N) is 2. The van der Waals surface area contributed by atoms with Gasteiger partial charge in [0, 0.05) is 5.56 Å². The lowest BCUT2D eigenvalue weighted by Gasteiger charge is -2.17. The molecule has 0 aromatic heterocycles. The largest absolute Gasteiger partial charge is 0.493 e. The van der Waals surface area contributed by atoms with Crippen molar-refractivity contribution in [3.05, 3.63) is 53.6 Å². The highest BCUT2D eigenvalue weighted by Crippen LogP contribution is 2.38. The van der Waals surface area contributed by atoms with Crippen molar-refractivity contribution in [3.63, 3.8) is 0 Å². The van der Waals surface area contributed by atoms with Crippen molar-refractivity contribution < 1.29 is 37.1 Å². The van der Waals surface area contributed by atoms with E-state index in [-0.39, 0.29) is 11.4 Å². The van der Waals surface area contributed by atoms with Crippen molar-refractivity contribution in [2.45, 2.75) is 12.3 Å². The van der Waals surface area contributed by atoms with Crippen LogP contribution in [0.2, 0.25) is 0 Å². The van der Waals surface area contributed by atoms with Crippen molar-refractivity contribution in [3.8, 4) is 11.5 Å². The molecule has 0 bridgehead atoms. The molecule has 2 unspecified atom stereocenters. The maximum atomic E-state index is 13.0. The van der Waals surface area contributed by atoms with Crippen molar-refractivity contribution in [1.29, 1.82) is 0 Å². The Balaban J connectivity index is 1.69. The van der Waals surface area contributed by atoms with Gasteiger partial charge >= 0.3 is 6.18 Å². The van der Waals surface area contributed by atoms with E-state index in [2.05, 4.69) is 5.16 Å². The molecule has 2 amide bonds. The van der Waals surface area contributed by atoms with Crippen molar-refractivity contribution in [1.82, 2.24) is 0 Å². The van der Waals surface area contributed by atoms with E-state index in [9.17, 15) is 22.8 Å². The molecule has 0 spiro atoms. The molecule has 7 nitrogen and oxygen atoms in total. The molecule has 0 saturated carbocycles. The molecular formula is C20H15F3N2O5. The molecule has 2 aromatic carbocycles. The van der Waals surface area contributed by atoms with Gasteiger partial charge in [-0.15, -0.1) is 0 Å². The number of oxime groups is 1. The zero-order valence-corrected chi connectivity index (χ0v) is 15.8. The minimum atomic E-state index is -4.61. The maximum absolute atomic E-state index is 13.0. The molecule has 0 aliphatic carbocycles. The Morgan fingerprint density at radius 3 is 2.40 bits per heavy atom. The molecule has 1 fully saturated rings. The predicted molar refractivity (Wildman–Crippen MR) is 98.4 cm³/mol. The minimum absolute atomic E-state index is 0.176. The van der Waals surface area contributed by atoms with Gasteiger partial charge in [0.15, 0.2) is 11.5 Å². The van der Waals surface area contributed by atoms with E-state index in [1.165, 1.54) is 20.3 Å². The van der Waals surface area contributed by atoms with E-state index in [1.54, 1.807) is 18.2 Å². The second-order valence-electron chi connectivity index (χ2n) is 6.61. The zero-order valence-electron chi connectivity index (χ0n) is 15.8. The Morgan fingerprint density at radius 1 is 1.00 bits per heavy atom. The number of carbonyl (C=O) groups is 2. The summed E-state index contributed by atoms with van der Waals surface area (Å²) in [4.78, 5) is 31.7. The first-order valence-corrected chi connectivity index (χ1v) is 8.77. The molecule has 2 heterocycles. The Labute approximate surface area is 168 Å². The van der Waals surface area contributed by atoms with Crippen LogP contribution in [-0.4, -0.2) is 37.8 Å². The number of fused-ring (bicyclic) bond motifs is 1. The lowest BCUT2D eigenvalue weighted by Crippen LogP contribution is -2.33. The average Bonchev–Trinajstić information content (AvgIpc) is 3.27. The van der Waals surface area contributed by atoms with Crippen LogP contribution >= 0.6 is 0 Å². The molecule has 0 N–H and O–H groups in total. The van der Waals surface area contributed by atoms with Gasteiger partial charge in [-0.1, -0.05) is 11.2 Å². The highest BCUT2D eigenvalue weighted by molar-refractivity contribution is 6.32. The Morgan fingerprint density at radius 2 is 1.73 bits per heavy atom. The number of hydrogen-bond acceptors (Lipinski definition) is 6. The van der Waals surface area contributed by atoms with Gasteiger partial charge in [-0.25, -0.2) is 4.90 Å². The monoisotopic (exact) mass is 420 g/mol. The van der Waals surface area contributed by atoms with Gasteiger partial charge in [-0.05, 0) is 36.4 Å². The van der Waals surface area contributed by atoms with Gasteiger partial charge < -0.3 is 14.3 Å². The number of benzene rings is 2. The Kier molecular flexibility index (Phi) is 4.64. The average molecular weight is 420 g/mol. The van der Waals surface area contributed by atoms with Crippen LogP contribution in [0.5, 0.6) is 11.5 Å². The van der Waals surface area contributed by atoms with Crippen LogP contribution in [0.15, 0.2) is 47.6 Å². The fourth-order valence-electron chi connectivity index (χ4n) is 3.49. The summed E-state index contributed by atoms with van der Waals surface area (Å²) in [6, 6.07) is 8.82. The quantitative estimate of drug-likeness (QED) is 0.711. The van der Waals surface area contributed by atoms with Gasteiger partial charge in [-0.3, -0.25) is 9.59 Å². The molecule has 2 aromatic rings. The number of rotatable bonds is 4. The summed E-state index contributed by atoms with van der Waals surface area (Å²) in [5, 5.41) is 3.88. The van der Waals surface area contributed by atoms with Crippen molar-refractivity contribution in [2.24, 2.45) is 11.1 Å². The van der Waals surface area contributed by atoms with E-state index in [4.69, 9.17) is 14.3 Å². The summed E-state index contributed by atoms with van der Waals surface area (Å²) in [5.74, 6) is -1.73. The molecule has 2 atom stereocenters. The number of carbonyl (C=O) groups excluding carboxylic acids is 2. The minimum Gasteiger partial charge on any atom is -0.493 e. The summed E-state index contributed by atoms with van der Waals surface area (Å²) >= 11 is 0. The topological polar surface area (TPSA) is 77.4 Å². The van der Waals surface area contributed by atoms with E-state index in [0.717, 1.165) is 18.2 Å². The second kappa shape index (κ2) is 7.05. The van der Waals surface area contributed by atoms with Crippen molar-refractivity contribution >= 4 is 23.2 Å². The molecule has 1 saturated heterocycles. The third-order valence-corrected chi connectivity index (χ3v) is 4.92. The molecule has 2 aliphatic heterocycles. The maximum Gasteiger partial charge on any atom is 0.416 e. The van der Waals surface area contributed by atoms with Crippen LogP contribution < -0.4 is 14.4 Å². The van der Waals surface area contributed by atoms with Gasteiger partial charge in [0.25, 0.3) is 5.91 Å². The number of halogens is 3. The van der Waals surface area contributed by atoms with E-state index in [1.807, 2.05) is 0 Å². The predicted octanol–water partition coefficient (Wildman–Crippen LogP) is 3.02. The summed E-state index contributed by atoms with van der Waals surface area (Å²) in [6.07, 6.45) is -5.85. The van der Waals surface area contributed by atoms with Crippen LogP contribution in [0.4, 0.5) is 18.9 Å². The van der Waals surface area contributed by atoms with Crippen LogP contribution in [0.1, 0.15) is 11.1 Å². The second-order valence-corrected chi connectivity index (χ2v) is 6.61. The molecule has 2 aliphatic rings. The summed E-state index contributed by atoms with van der Waals surface area (Å²) in [6.45, 7) is 0. The fourth-order valence-corrected chi connectivity index (χ4v) is 3.49. The number of methoxy groups -OCH3 is 2. The Bertz CT molecular complexity index is 1070. The Hall–Kier alpha value is -3.56. The van der Waals surface area contributed by atoms with E-state index >= 15 is 0 Å². The first kappa shape index (κ1) is 19.7. The van der Waals surface area contributed by atoms with Crippen LogP contribution in [0.3, 0.4) is 0 Å². The summed E-state index contributed by atoms with van der Waals surface area (Å²) in [7, 11) is 2.91. The number of amides is 2. The number of hydrogen-bond donors (Lipinski definition) is 0. The summed E-state index contributed by atoms with van der Waals surface area (Å²) in [5.41, 5.74) is -0.488. The van der Waals surface area contributed by atoms with Gasteiger partial charge in [0.1, 0.15) is 11.6 Å². The van der Waals surface area contributed by atoms with E-state index < -0.39 is 35.6 Å². The molecule has 30 heavy (non-hydrogen) atoms. The number of imide groups is 1. The van der Waals surface area contributed by atoms with Crippen LogP contribution in [-0.2, 0) is 20.6 Å². The summed E-state index contributed by atoms with van der Waals surface area (Å²) < 4.78 is 49.5. The van der Waals surface area contributed by atoms with Gasteiger partial charge in [0.2, 0.25) is 12.0 Å². The third kappa shape index (κ3) is 3.04. The zero-order chi connectivity index (χ0) is 21.6. The highest BCUT2D eigenvalue weighted by atomic mass is 19.4.